The number of sulfonamides is 1. The highest BCUT2D eigenvalue weighted by Gasteiger charge is 2.47. The molecule has 3 radical (unpaired) electrons. The van der Waals surface area contributed by atoms with Crippen molar-refractivity contribution < 1.29 is 41.3 Å². The van der Waals surface area contributed by atoms with Crippen LogP contribution < -0.4 is 4.74 Å². The first-order valence-corrected chi connectivity index (χ1v) is 15.6. The number of rotatable bonds is 15. The van der Waals surface area contributed by atoms with Crippen LogP contribution in [0.2, 0.25) is 0 Å². The summed E-state index contributed by atoms with van der Waals surface area (Å²) in [6, 6.07) is 2.98. The fraction of sp³-hybridized carbons (Fsp3) is 0.565. The van der Waals surface area contributed by atoms with Gasteiger partial charge >= 0.3 is 0 Å². The molecule has 0 aliphatic carbocycles. The summed E-state index contributed by atoms with van der Waals surface area (Å²) < 4.78 is 52.3. The van der Waals surface area contributed by atoms with E-state index >= 15 is 0 Å². The summed E-state index contributed by atoms with van der Waals surface area (Å²) in [7, 11) is 2.81. The molecular formula is C23H31B2NO9PS2. The van der Waals surface area contributed by atoms with E-state index in [2.05, 4.69) is 0 Å². The van der Waals surface area contributed by atoms with Crippen LogP contribution in [0.15, 0.2) is 12.1 Å². The van der Waals surface area contributed by atoms with Crippen molar-refractivity contribution >= 4 is 68.7 Å². The van der Waals surface area contributed by atoms with Crippen LogP contribution in [0.3, 0.4) is 0 Å². The normalized spacial score (nSPS) is 19.7. The molecule has 1 heterocycles. The molecule has 1 aliphatic rings. The SMILES string of the molecule is [3H][B]SO[C@H](c1cc(C(C)(C)C(=O)C=O)c(OCOC)c(C(C)(C)C(=O)C=O)c1)[C@@H]1CCN(P([B])C)S1(=O)=O. The topological polar surface area (TPSA) is 133 Å². The minimum Gasteiger partial charge on any atom is -0.467 e. The third-order valence-corrected chi connectivity index (χ3v) is 11.4. The maximum Gasteiger partial charge on any atom is 0.222 e. The van der Waals surface area contributed by atoms with Crippen LogP contribution in [-0.2, 0) is 49.0 Å². The van der Waals surface area contributed by atoms with Crippen molar-refractivity contribution in [3.8, 4) is 5.75 Å². The highest BCUT2D eigenvalue weighted by molar-refractivity contribution is 8.15. The minimum absolute atomic E-state index is 0.0365. The van der Waals surface area contributed by atoms with E-state index in [9.17, 15) is 27.6 Å². The van der Waals surface area contributed by atoms with Gasteiger partial charge in [0.1, 0.15) is 24.7 Å². The van der Waals surface area contributed by atoms with Crippen LogP contribution in [0, 0.1) is 0 Å². The molecule has 0 amide bonds. The molecule has 1 aromatic carbocycles. The van der Waals surface area contributed by atoms with E-state index in [1.165, 1.54) is 51.0 Å². The summed E-state index contributed by atoms with van der Waals surface area (Å²) in [6.45, 7) is 7.41. The summed E-state index contributed by atoms with van der Waals surface area (Å²) in [5.41, 5.74) is -2.43. The molecule has 0 saturated carbocycles. The van der Waals surface area contributed by atoms with Crippen LogP contribution in [0.25, 0.3) is 0 Å². The van der Waals surface area contributed by atoms with Gasteiger partial charge in [-0.2, -0.15) is 4.08 Å². The van der Waals surface area contributed by atoms with Crippen molar-refractivity contribution in [1.29, 1.82) is 1.34 Å². The molecule has 10 nitrogen and oxygen atoms in total. The number of Topliss-reactive ketones (excluding diaryl/α,β-unsaturated/α-hetero) is 2. The first kappa shape index (κ1) is 31.0. The van der Waals surface area contributed by atoms with Gasteiger partial charge in [-0.25, -0.2) is 8.42 Å². The van der Waals surface area contributed by atoms with Crippen molar-refractivity contribution in [1.82, 2.24) is 4.08 Å². The summed E-state index contributed by atoms with van der Waals surface area (Å²) in [4.78, 5) is 48.7. The first-order chi connectivity index (χ1) is 18.1. The van der Waals surface area contributed by atoms with Gasteiger partial charge in [-0.1, -0.05) is 19.8 Å². The number of benzene rings is 1. The van der Waals surface area contributed by atoms with Gasteiger partial charge in [0.25, 0.3) is 0 Å². The number of ketones is 2. The van der Waals surface area contributed by atoms with E-state index in [0.29, 0.717) is 11.9 Å². The molecule has 205 valence electrons. The van der Waals surface area contributed by atoms with Gasteiger partial charge in [0, 0.05) is 24.8 Å². The zero-order valence-electron chi connectivity index (χ0n) is 23.1. The Balaban J connectivity index is 2.98. The molecule has 0 bridgehead atoms. The second kappa shape index (κ2) is 12.7. The Morgan fingerprint density at radius 3 is 2.16 bits per heavy atom. The third-order valence-electron chi connectivity index (χ3n) is 6.68. The lowest BCUT2D eigenvalue weighted by molar-refractivity contribution is -0.133. The van der Waals surface area contributed by atoms with E-state index in [4.69, 9.17) is 22.6 Å². The Morgan fingerprint density at radius 1 is 1.24 bits per heavy atom. The molecule has 0 spiro atoms. The Hall–Kier alpha value is -1.56. The Morgan fingerprint density at radius 2 is 1.76 bits per heavy atom. The summed E-state index contributed by atoms with van der Waals surface area (Å²) in [5, 5.41) is -1.11. The van der Waals surface area contributed by atoms with E-state index in [-0.39, 0.29) is 54.8 Å². The van der Waals surface area contributed by atoms with Gasteiger partial charge in [0.05, 0.1) is 10.8 Å². The molecule has 1 fully saturated rings. The number of aldehydes is 2. The first-order valence-electron chi connectivity index (χ1n) is 12.0. The van der Waals surface area contributed by atoms with Gasteiger partial charge in [0.2, 0.25) is 28.7 Å². The van der Waals surface area contributed by atoms with Crippen molar-refractivity contribution in [2.24, 2.45) is 0 Å². The lowest BCUT2D eigenvalue weighted by Crippen LogP contribution is -2.36. The average molecular weight is 584 g/mol. The van der Waals surface area contributed by atoms with E-state index in [1.807, 2.05) is 0 Å². The zero-order chi connectivity index (χ0) is 29.8. The van der Waals surface area contributed by atoms with Crippen molar-refractivity contribution in [3.63, 3.8) is 0 Å². The summed E-state index contributed by atoms with van der Waals surface area (Å²) in [5.74, 6) is -1.58. The Labute approximate surface area is 233 Å². The predicted octanol–water partition coefficient (Wildman–Crippen LogP) is 1.80. The predicted molar refractivity (Wildman–Crippen MR) is 148 cm³/mol. The molecule has 1 aromatic rings. The quantitative estimate of drug-likeness (QED) is 0.0751. The van der Waals surface area contributed by atoms with Gasteiger partial charge in [-0.15, -0.1) is 0 Å². The summed E-state index contributed by atoms with van der Waals surface area (Å²) in [6.07, 6.45) is -0.691. The van der Waals surface area contributed by atoms with Gasteiger partial charge in [0.15, 0.2) is 19.4 Å². The van der Waals surface area contributed by atoms with Crippen LogP contribution >= 0.6 is 19.8 Å². The molecule has 1 aliphatic heterocycles. The van der Waals surface area contributed by atoms with Crippen LogP contribution in [-0.4, -0.2) is 85.0 Å². The van der Waals surface area contributed by atoms with Crippen molar-refractivity contribution in [3.05, 3.63) is 28.8 Å². The van der Waals surface area contributed by atoms with E-state index in [1.54, 1.807) is 6.66 Å². The third kappa shape index (κ3) is 6.26. The molecule has 38 heavy (non-hydrogen) atoms. The lowest BCUT2D eigenvalue weighted by atomic mass is 9.73. The number of nitrogens with zero attached hydrogens (tertiary/aromatic N) is 1. The Kier molecular flexibility index (Phi) is 10.4. The molecule has 0 aromatic heterocycles. The van der Waals surface area contributed by atoms with Crippen LogP contribution in [0.4, 0.5) is 0 Å². The van der Waals surface area contributed by atoms with Crippen molar-refractivity contribution in [2.45, 2.75) is 56.3 Å². The number of ether oxygens (including phenoxy) is 2. The smallest absolute Gasteiger partial charge is 0.222 e. The van der Waals surface area contributed by atoms with Crippen LogP contribution in [0.1, 0.15) is 56.9 Å². The molecule has 2 rings (SSSR count). The number of carbonyl (C=O) groups excluding carboxylic acids is 4. The lowest BCUT2D eigenvalue weighted by Gasteiger charge is -2.33. The van der Waals surface area contributed by atoms with E-state index < -0.39 is 51.7 Å². The largest absolute Gasteiger partial charge is 0.467 e. The highest BCUT2D eigenvalue weighted by atomic mass is 32.2. The maximum atomic E-state index is 13.5. The minimum atomic E-state index is -3.94. The van der Waals surface area contributed by atoms with Gasteiger partial charge < -0.3 is 13.7 Å². The molecular weight excluding hydrogens is 551 g/mol. The standard InChI is InChI=1S/C23H31B2NO9PS2/c1-22(2,18(29)11-27)15-9-14(10-16(21(15)34-13-33-5)23(3,4)19(30)12-28)20(35-37-25)17-7-8-26(36(6)24)38(17,31)32/h9-12,17,20,25H,7-8,13H2,1-6H3/t17-,20+,36?/m0/s1/i25T. The van der Waals surface area contributed by atoms with Crippen LogP contribution in [0.5, 0.6) is 5.75 Å². The molecule has 1 saturated heterocycles. The summed E-state index contributed by atoms with van der Waals surface area (Å²) >= 11 is 0.610. The number of carbonyl (C=O) groups is 4. The number of methoxy groups -OCH3 is 1. The van der Waals surface area contributed by atoms with E-state index in [0.717, 1.165) is 7.09 Å². The molecule has 15 heteroatoms. The monoisotopic (exact) mass is 584 g/mol. The number of hydrogen-bond acceptors (Lipinski definition) is 10. The van der Waals surface area contributed by atoms with Gasteiger partial charge in [-0.3, -0.25) is 19.2 Å². The second-order valence-corrected chi connectivity index (χ2v) is 14.2. The molecule has 1 unspecified atom stereocenters. The highest BCUT2D eigenvalue weighted by Crippen LogP contribution is 2.48. The molecule has 0 N–H and O–H groups in total. The fourth-order valence-electron chi connectivity index (χ4n) is 4.28. The maximum absolute atomic E-state index is 13.5. The number of hydrogen-bond donors (Lipinski definition) is 0. The molecule has 3 atom stereocenters. The Bertz CT molecular complexity index is 1160. The second-order valence-electron chi connectivity index (χ2n) is 9.81. The zero-order valence-corrected chi connectivity index (χ0v) is 24.7. The van der Waals surface area contributed by atoms with Gasteiger partial charge in [-0.05, 0) is 59.8 Å². The average Bonchev–Trinajstić information content (AvgIpc) is 3.20. The van der Waals surface area contributed by atoms with Crippen molar-refractivity contribution in [2.75, 3.05) is 27.1 Å². The fourth-order valence-corrected chi connectivity index (χ4v) is 8.55.